The highest BCUT2D eigenvalue weighted by Gasteiger charge is 2.13. The number of carbonyl (C=O) groups excluding carboxylic acids is 1. The molecule has 0 aliphatic carbocycles. The summed E-state index contributed by atoms with van der Waals surface area (Å²) in [5.41, 5.74) is 1.34. The van der Waals surface area contributed by atoms with Crippen LogP contribution >= 0.6 is 15.9 Å². The Balaban J connectivity index is 2.06. The van der Waals surface area contributed by atoms with Crippen LogP contribution in [0, 0.1) is 0 Å². The molecule has 0 atom stereocenters. The zero-order valence-corrected chi connectivity index (χ0v) is 14.8. The lowest BCUT2D eigenvalue weighted by atomic mass is 10.0. The topological polar surface area (TPSA) is 38.7 Å². The van der Waals surface area contributed by atoms with Crippen LogP contribution in [-0.4, -0.2) is 18.4 Å². The van der Waals surface area contributed by atoms with Gasteiger partial charge >= 0.3 is 0 Å². The molecule has 0 fully saturated rings. The minimum absolute atomic E-state index is 0.314. The Labute approximate surface area is 149 Å². The molecule has 3 rings (SSSR count). The zero-order valence-electron chi connectivity index (χ0n) is 13.2. The van der Waals surface area contributed by atoms with Crippen molar-refractivity contribution in [2.45, 2.75) is 6.92 Å². The summed E-state index contributed by atoms with van der Waals surface area (Å²) < 4.78 is 6.53. The molecule has 0 aliphatic rings. The summed E-state index contributed by atoms with van der Waals surface area (Å²) >= 11 is 3.52. The summed E-state index contributed by atoms with van der Waals surface area (Å²) in [6, 6.07) is 20.9. The van der Waals surface area contributed by atoms with E-state index in [1.54, 1.807) is 6.07 Å². The SMILES string of the molecule is CCOC(=NC(=O)c1cccc2c(Br)cccc12)c1ccccc1. The van der Waals surface area contributed by atoms with Crippen LogP contribution in [0.4, 0.5) is 0 Å². The van der Waals surface area contributed by atoms with Gasteiger partial charge in [-0.25, -0.2) is 0 Å². The third kappa shape index (κ3) is 3.39. The van der Waals surface area contributed by atoms with Gasteiger partial charge in [0.2, 0.25) is 5.90 Å². The van der Waals surface area contributed by atoms with Crippen molar-refractivity contribution in [1.29, 1.82) is 0 Å². The second kappa shape index (κ2) is 7.41. The summed E-state index contributed by atoms with van der Waals surface area (Å²) in [4.78, 5) is 17.0. The van der Waals surface area contributed by atoms with Crippen LogP contribution < -0.4 is 0 Å². The summed E-state index contributed by atoms with van der Waals surface area (Å²) in [7, 11) is 0. The largest absolute Gasteiger partial charge is 0.477 e. The molecule has 0 saturated heterocycles. The maximum absolute atomic E-state index is 12.7. The van der Waals surface area contributed by atoms with Gasteiger partial charge in [-0.15, -0.1) is 0 Å². The smallest absolute Gasteiger partial charge is 0.280 e. The number of aliphatic imine (C=N–C) groups is 1. The zero-order chi connectivity index (χ0) is 16.9. The molecule has 0 unspecified atom stereocenters. The number of rotatable bonds is 3. The highest BCUT2D eigenvalue weighted by atomic mass is 79.9. The van der Waals surface area contributed by atoms with Gasteiger partial charge in [0.25, 0.3) is 5.91 Å². The van der Waals surface area contributed by atoms with Gasteiger partial charge in [0.15, 0.2) is 0 Å². The van der Waals surface area contributed by atoms with Crippen LogP contribution in [0.1, 0.15) is 22.8 Å². The van der Waals surface area contributed by atoms with Gasteiger partial charge in [-0.2, -0.15) is 4.99 Å². The molecule has 3 nitrogen and oxygen atoms in total. The Morgan fingerprint density at radius 2 is 1.67 bits per heavy atom. The van der Waals surface area contributed by atoms with E-state index in [9.17, 15) is 4.79 Å². The van der Waals surface area contributed by atoms with Crippen molar-refractivity contribution in [1.82, 2.24) is 0 Å². The first-order valence-electron chi connectivity index (χ1n) is 7.69. The first-order chi connectivity index (χ1) is 11.7. The van der Waals surface area contributed by atoms with E-state index in [0.717, 1.165) is 20.8 Å². The van der Waals surface area contributed by atoms with E-state index in [1.165, 1.54) is 0 Å². The minimum Gasteiger partial charge on any atom is -0.477 e. The number of carbonyl (C=O) groups is 1. The Morgan fingerprint density at radius 3 is 2.42 bits per heavy atom. The molecule has 0 bridgehead atoms. The number of nitrogens with zero attached hydrogens (tertiary/aromatic N) is 1. The van der Waals surface area contributed by atoms with E-state index >= 15 is 0 Å². The van der Waals surface area contributed by atoms with Crippen LogP contribution in [-0.2, 0) is 4.74 Å². The third-order valence-corrected chi connectivity index (χ3v) is 4.30. The van der Waals surface area contributed by atoms with Crippen molar-refractivity contribution < 1.29 is 9.53 Å². The normalized spacial score (nSPS) is 11.5. The Bertz CT molecular complexity index is 904. The number of benzene rings is 3. The number of ether oxygens (including phenoxy) is 1. The van der Waals surface area contributed by atoms with Crippen molar-refractivity contribution in [3.05, 3.63) is 82.3 Å². The van der Waals surface area contributed by atoms with Gasteiger partial charge in [0.1, 0.15) is 0 Å². The van der Waals surface area contributed by atoms with E-state index in [2.05, 4.69) is 20.9 Å². The van der Waals surface area contributed by atoms with E-state index < -0.39 is 0 Å². The Hall–Kier alpha value is -2.46. The summed E-state index contributed by atoms with van der Waals surface area (Å²) in [5.74, 6) is 0.0288. The average Bonchev–Trinajstić information content (AvgIpc) is 2.62. The van der Waals surface area contributed by atoms with E-state index in [0.29, 0.717) is 18.1 Å². The number of amides is 1. The van der Waals surface area contributed by atoms with E-state index in [1.807, 2.05) is 67.6 Å². The van der Waals surface area contributed by atoms with Gasteiger partial charge in [-0.1, -0.05) is 58.4 Å². The molecule has 0 saturated carbocycles. The maximum atomic E-state index is 12.7. The summed E-state index contributed by atoms with van der Waals surface area (Å²) in [5, 5.41) is 1.85. The van der Waals surface area contributed by atoms with Gasteiger partial charge in [0.05, 0.1) is 6.61 Å². The highest BCUT2D eigenvalue weighted by molar-refractivity contribution is 9.10. The number of fused-ring (bicyclic) bond motifs is 1. The number of halogens is 1. The molecule has 1 amide bonds. The molecule has 0 aliphatic heterocycles. The van der Waals surface area contributed by atoms with E-state index in [-0.39, 0.29) is 5.91 Å². The number of hydrogen-bond acceptors (Lipinski definition) is 2. The van der Waals surface area contributed by atoms with Crippen LogP contribution in [0.5, 0.6) is 0 Å². The molecule has 0 spiro atoms. The van der Waals surface area contributed by atoms with Crippen molar-refractivity contribution in [3.8, 4) is 0 Å². The lowest BCUT2D eigenvalue weighted by Crippen LogP contribution is -2.10. The summed E-state index contributed by atoms with van der Waals surface area (Å²) in [6.45, 7) is 2.32. The van der Waals surface area contributed by atoms with Gasteiger partial charge in [-0.05, 0) is 42.0 Å². The van der Waals surface area contributed by atoms with Crippen molar-refractivity contribution in [2.24, 2.45) is 4.99 Å². The van der Waals surface area contributed by atoms with Crippen molar-refractivity contribution >= 4 is 38.5 Å². The predicted molar refractivity (Wildman–Crippen MR) is 101 cm³/mol. The first kappa shape index (κ1) is 16.4. The molecule has 24 heavy (non-hydrogen) atoms. The fraction of sp³-hybridized carbons (Fsp3) is 0.100. The second-order valence-electron chi connectivity index (χ2n) is 5.16. The molecule has 4 heteroatoms. The molecule has 0 aromatic heterocycles. The fourth-order valence-electron chi connectivity index (χ4n) is 2.51. The summed E-state index contributed by atoms with van der Waals surface area (Å²) in [6.07, 6.45) is 0. The van der Waals surface area contributed by atoms with Crippen LogP contribution in [0.25, 0.3) is 10.8 Å². The lowest BCUT2D eigenvalue weighted by molar-refractivity contribution is 0.100. The molecular weight excluding hydrogens is 366 g/mol. The standard InChI is InChI=1S/C20H16BrNO2/c1-2-24-20(14-8-4-3-5-9-14)22-19(23)17-12-6-11-16-15(17)10-7-13-18(16)21/h3-13H,2H2,1H3. The minimum atomic E-state index is -0.314. The van der Waals surface area contributed by atoms with Crippen LogP contribution in [0.2, 0.25) is 0 Å². The predicted octanol–water partition coefficient (Wildman–Crippen LogP) is 5.23. The quantitative estimate of drug-likeness (QED) is 0.460. The number of hydrogen-bond donors (Lipinski definition) is 0. The van der Waals surface area contributed by atoms with Gasteiger partial charge in [0, 0.05) is 15.6 Å². The average molecular weight is 382 g/mol. The molecule has 0 radical (unpaired) electrons. The fourth-order valence-corrected chi connectivity index (χ4v) is 3.01. The lowest BCUT2D eigenvalue weighted by Gasteiger charge is -2.08. The second-order valence-corrected chi connectivity index (χ2v) is 6.02. The van der Waals surface area contributed by atoms with Crippen LogP contribution in [0.3, 0.4) is 0 Å². The molecule has 120 valence electrons. The highest BCUT2D eigenvalue weighted by Crippen LogP contribution is 2.26. The van der Waals surface area contributed by atoms with Gasteiger partial charge < -0.3 is 4.74 Å². The molecule has 3 aromatic rings. The Morgan fingerprint density at radius 1 is 0.958 bits per heavy atom. The van der Waals surface area contributed by atoms with Gasteiger partial charge in [-0.3, -0.25) is 4.79 Å². The first-order valence-corrected chi connectivity index (χ1v) is 8.48. The third-order valence-electron chi connectivity index (χ3n) is 3.60. The molecule has 0 N–H and O–H groups in total. The monoisotopic (exact) mass is 381 g/mol. The van der Waals surface area contributed by atoms with Crippen molar-refractivity contribution in [3.63, 3.8) is 0 Å². The molecule has 0 heterocycles. The van der Waals surface area contributed by atoms with Crippen molar-refractivity contribution in [2.75, 3.05) is 6.61 Å². The van der Waals surface area contributed by atoms with E-state index in [4.69, 9.17) is 4.74 Å². The maximum Gasteiger partial charge on any atom is 0.280 e. The molecular formula is C20H16BrNO2. The molecule has 3 aromatic carbocycles. The van der Waals surface area contributed by atoms with Crippen LogP contribution in [0.15, 0.2) is 76.2 Å². The Kier molecular flexibility index (Phi) is 5.06.